The van der Waals surface area contributed by atoms with Crippen LogP contribution in [0.5, 0.6) is 17.2 Å². The van der Waals surface area contributed by atoms with Crippen molar-refractivity contribution in [1.29, 1.82) is 0 Å². The fourth-order valence-corrected chi connectivity index (χ4v) is 7.69. The highest BCUT2D eigenvalue weighted by Gasteiger charge is 2.28. The highest BCUT2D eigenvalue weighted by Crippen LogP contribution is 2.43. The minimum atomic E-state index is -0.0621. The van der Waals surface area contributed by atoms with Crippen molar-refractivity contribution in [3.63, 3.8) is 0 Å². The topological polar surface area (TPSA) is 77.0 Å². The Bertz CT molecular complexity index is 1780. The first-order chi connectivity index (χ1) is 22.1. The summed E-state index contributed by atoms with van der Waals surface area (Å²) in [6.45, 7) is 3.74. The molecule has 1 saturated heterocycles. The number of benzene rings is 3. The van der Waals surface area contributed by atoms with Gasteiger partial charge in [-0.05, 0) is 97.0 Å². The maximum absolute atomic E-state index is 12.6. The number of nitrogens with zero attached hydrogens (tertiary/aromatic N) is 4. The van der Waals surface area contributed by atoms with Crippen LogP contribution in [-0.2, 0) is 12.8 Å². The molecular weight excluding hydrogens is 584 g/mol. The zero-order valence-electron chi connectivity index (χ0n) is 25.6. The molecule has 9 heteroatoms. The van der Waals surface area contributed by atoms with Gasteiger partial charge in [-0.1, -0.05) is 12.1 Å². The maximum Gasteiger partial charge on any atom is 0.200 e. The molecule has 1 fully saturated rings. The first-order valence-electron chi connectivity index (χ1n) is 15.4. The van der Waals surface area contributed by atoms with Crippen molar-refractivity contribution in [3.8, 4) is 17.2 Å². The van der Waals surface area contributed by atoms with Gasteiger partial charge >= 0.3 is 0 Å². The standard InChI is InChI=1S/C36H36N4O4S/c1-42-28-10-5-25(6-11-28)32(41)22-44-30-12-3-24(4-13-30)26-7-16-31-33(21-26)45-36-34(31)35(37-23-38-36)40-19-17-39(18-20-40)27-8-14-29(43-2)15-9-27/h3-6,8-15,23,26H,7,16-22H2,1-2H3. The quantitative estimate of drug-likeness (QED) is 0.171. The average Bonchev–Trinajstić information content (AvgIpc) is 3.49. The number of aryl methyl sites for hydroxylation is 1. The van der Waals surface area contributed by atoms with Crippen molar-refractivity contribution in [2.75, 3.05) is 56.8 Å². The summed E-state index contributed by atoms with van der Waals surface area (Å²) < 4.78 is 16.3. The van der Waals surface area contributed by atoms with Crippen molar-refractivity contribution < 1.29 is 19.0 Å². The summed E-state index contributed by atoms with van der Waals surface area (Å²) in [6.07, 6.45) is 4.82. The molecule has 1 atom stereocenters. The van der Waals surface area contributed by atoms with Gasteiger partial charge in [0, 0.05) is 42.3 Å². The molecule has 0 N–H and O–H groups in total. The van der Waals surface area contributed by atoms with Crippen LogP contribution in [0.1, 0.15) is 38.7 Å². The minimum Gasteiger partial charge on any atom is -0.497 e. The van der Waals surface area contributed by atoms with E-state index in [9.17, 15) is 4.79 Å². The molecule has 5 aromatic rings. The fraction of sp³-hybridized carbons (Fsp3) is 0.306. The van der Waals surface area contributed by atoms with Crippen molar-refractivity contribution in [2.24, 2.45) is 0 Å². The van der Waals surface area contributed by atoms with Gasteiger partial charge in [-0.15, -0.1) is 11.3 Å². The monoisotopic (exact) mass is 620 g/mol. The number of hydrogen-bond acceptors (Lipinski definition) is 9. The molecule has 0 spiro atoms. The number of fused-ring (bicyclic) bond motifs is 3. The minimum absolute atomic E-state index is 0.000148. The number of thiophene rings is 1. The van der Waals surface area contributed by atoms with E-state index in [-0.39, 0.29) is 12.4 Å². The number of methoxy groups -OCH3 is 2. The van der Waals surface area contributed by atoms with Crippen LogP contribution in [0, 0.1) is 0 Å². The molecule has 3 heterocycles. The Morgan fingerprint density at radius 1 is 0.822 bits per heavy atom. The zero-order valence-corrected chi connectivity index (χ0v) is 26.4. The Labute approximate surface area is 267 Å². The molecule has 230 valence electrons. The number of rotatable bonds is 9. The number of Topliss-reactive ketones (excluding diaryl/α,β-unsaturated/α-hetero) is 1. The molecule has 7 rings (SSSR count). The van der Waals surface area contributed by atoms with Crippen molar-refractivity contribution in [1.82, 2.24) is 9.97 Å². The number of ether oxygens (including phenoxy) is 3. The second kappa shape index (κ2) is 12.8. The largest absolute Gasteiger partial charge is 0.497 e. The predicted octanol–water partition coefficient (Wildman–Crippen LogP) is 6.57. The lowest BCUT2D eigenvalue weighted by Crippen LogP contribution is -2.47. The normalized spacial score (nSPS) is 16.4. The summed E-state index contributed by atoms with van der Waals surface area (Å²) >= 11 is 1.82. The van der Waals surface area contributed by atoms with E-state index in [2.05, 4.69) is 34.1 Å². The van der Waals surface area contributed by atoms with E-state index in [4.69, 9.17) is 24.2 Å². The first kappa shape index (κ1) is 29.1. The molecule has 2 aromatic heterocycles. The molecule has 1 unspecified atom stereocenters. The Morgan fingerprint density at radius 2 is 1.47 bits per heavy atom. The molecule has 0 bridgehead atoms. The van der Waals surface area contributed by atoms with Crippen LogP contribution in [0.4, 0.5) is 11.5 Å². The molecule has 0 radical (unpaired) electrons. The van der Waals surface area contributed by atoms with E-state index < -0.39 is 0 Å². The third kappa shape index (κ3) is 6.04. The van der Waals surface area contributed by atoms with Crippen LogP contribution in [0.3, 0.4) is 0 Å². The highest BCUT2D eigenvalue weighted by atomic mass is 32.1. The Kier molecular flexibility index (Phi) is 8.26. The number of aromatic nitrogens is 2. The van der Waals surface area contributed by atoms with Gasteiger partial charge < -0.3 is 24.0 Å². The number of ketones is 1. The van der Waals surface area contributed by atoms with Gasteiger partial charge in [-0.3, -0.25) is 4.79 Å². The lowest BCUT2D eigenvalue weighted by atomic mass is 9.83. The van der Waals surface area contributed by atoms with Crippen molar-refractivity contribution >= 4 is 38.8 Å². The summed E-state index contributed by atoms with van der Waals surface area (Å²) in [5.74, 6) is 3.76. The maximum atomic E-state index is 12.6. The van der Waals surface area contributed by atoms with E-state index in [1.54, 1.807) is 44.8 Å². The first-order valence-corrected chi connectivity index (χ1v) is 16.2. The Hall–Kier alpha value is -4.63. The lowest BCUT2D eigenvalue weighted by molar-refractivity contribution is 0.0921. The summed E-state index contributed by atoms with van der Waals surface area (Å²) in [5, 5.41) is 1.25. The third-order valence-electron chi connectivity index (χ3n) is 8.98. The third-order valence-corrected chi connectivity index (χ3v) is 10.1. The van der Waals surface area contributed by atoms with Crippen LogP contribution in [0.2, 0.25) is 0 Å². The van der Waals surface area contributed by atoms with Gasteiger partial charge in [-0.2, -0.15) is 0 Å². The van der Waals surface area contributed by atoms with E-state index in [0.29, 0.717) is 17.2 Å². The highest BCUT2D eigenvalue weighted by molar-refractivity contribution is 7.19. The van der Waals surface area contributed by atoms with Gasteiger partial charge in [0.2, 0.25) is 0 Å². The van der Waals surface area contributed by atoms with Gasteiger partial charge in [0.25, 0.3) is 0 Å². The molecule has 45 heavy (non-hydrogen) atoms. The number of hydrogen-bond donors (Lipinski definition) is 0. The second-order valence-electron chi connectivity index (χ2n) is 11.5. The van der Waals surface area contributed by atoms with Crippen LogP contribution in [0.15, 0.2) is 79.1 Å². The average molecular weight is 621 g/mol. The van der Waals surface area contributed by atoms with E-state index in [0.717, 1.165) is 67.6 Å². The summed E-state index contributed by atoms with van der Waals surface area (Å²) in [4.78, 5) is 29.5. The Balaban J connectivity index is 0.997. The Morgan fingerprint density at radius 3 is 2.16 bits per heavy atom. The molecular formula is C36H36N4O4S. The smallest absolute Gasteiger partial charge is 0.200 e. The molecule has 8 nitrogen and oxygen atoms in total. The predicted molar refractivity (Wildman–Crippen MR) is 179 cm³/mol. The van der Waals surface area contributed by atoms with Gasteiger partial charge in [-0.25, -0.2) is 9.97 Å². The lowest BCUT2D eigenvalue weighted by Gasteiger charge is -2.37. The fourth-order valence-electron chi connectivity index (χ4n) is 6.43. The summed E-state index contributed by atoms with van der Waals surface area (Å²) in [6, 6.07) is 23.6. The number of piperazine rings is 1. The van der Waals surface area contributed by atoms with Crippen LogP contribution < -0.4 is 24.0 Å². The molecule has 1 aliphatic heterocycles. The SMILES string of the molecule is COc1ccc(C(=O)COc2ccc(C3CCc4c(sc5ncnc(N6CCN(c7ccc(OC)cc7)CC6)c45)C3)cc2)cc1. The van der Waals surface area contributed by atoms with Gasteiger partial charge in [0.05, 0.1) is 19.6 Å². The van der Waals surface area contributed by atoms with Crippen LogP contribution in [-0.4, -0.2) is 62.8 Å². The molecule has 0 saturated carbocycles. The molecule has 0 amide bonds. The number of carbonyl (C=O) groups is 1. The van der Waals surface area contributed by atoms with Crippen LogP contribution in [0.25, 0.3) is 10.2 Å². The van der Waals surface area contributed by atoms with Crippen LogP contribution >= 0.6 is 11.3 Å². The second-order valence-corrected chi connectivity index (χ2v) is 12.6. The van der Waals surface area contributed by atoms with Crippen molar-refractivity contribution in [3.05, 3.63) is 101 Å². The molecule has 3 aromatic carbocycles. The molecule has 2 aliphatic rings. The summed E-state index contributed by atoms with van der Waals surface area (Å²) in [5.41, 5.74) is 4.56. The van der Waals surface area contributed by atoms with E-state index in [1.165, 1.54) is 27.1 Å². The van der Waals surface area contributed by atoms with Crippen molar-refractivity contribution in [2.45, 2.75) is 25.2 Å². The molecule has 1 aliphatic carbocycles. The van der Waals surface area contributed by atoms with Gasteiger partial charge in [0.15, 0.2) is 12.4 Å². The number of carbonyl (C=O) groups excluding carboxylic acids is 1. The van der Waals surface area contributed by atoms with E-state index >= 15 is 0 Å². The van der Waals surface area contributed by atoms with E-state index in [1.807, 2.05) is 35.6 Å². The van der Waals surface area contributed by atoms with Gasteiger partial charge in [0.1, 0.15) is 34.2 Å². The zero-order chi connectivity index (χ0) is 30.8. The number of anilines is 2. The summed E-state index contributed by atoms with van der Waals surface area (Å²) in [7, 11) is 3.31.